The van der Waals surface area contributed by atoms with Crippen molar-refractivity contribution < 1.29 is 14.9 Å². The molecule has 1 fully saturated rings. The van der Waals surface area contributed by atoms with Gasteiger partial charge < -0.3 is 0 Å². The van der Waals surface area contributed by atoms with E-state index >= 15 is 0 Å². The van der Waals surface area contributed by atoms with Crippen molar-refractivity contribution in [3.05, 3.63) is 20.2 Å². The molecule has 1 heterocycles. The largest absolute Gasteiger partial charge is 0.299 e. The molecular weight excluding hydrogens is 198 g/mol. The monoisotopic (exact) mass is 205 g/mol. The predicted octanol–water partition coefficient (Wildman–Crippen LogP) is -1.68. The summed E-state index contributed by atoms with van der Waals surface area (Å²) in [5.41, 5.74) is 0. The van der Waals surface area contributed by atoms with Crippen LogP contribution in [0.5, 0.6) is 0 Å². The summed E-state index contributed by atoms with van der Waals surface area (Å²) in [6, 6.07) is 0. The maximum absolute atomic E-state index is 10.3. The first-order chi connectivity index (χ1) is 6.54. The fourth-order valence-electron chi connectivity index (χ4n) is 1.02. The highest BCUT2D eigenvalue weighted by atomic mass is 16.7. The summed E-state index contributed by atoms with van der Waals surface area (Å²) < 4.78 is 0. The van der Waals surface area contributed by atoms with Crippen LogP contribution in [0.3, 0.4) is 0 Å². The summed E-state index contributed by atoms with van der Waals surface area (Å²) in [5, 5.41) is 20.2. The molecule has 0 N–H and O–H groups in total. The van der Waals surface area contributed by atoms with Gasteiger partial charge >= 0.3 is 0 Å². The van der Waals surface area contributed by atoms with E-state index in [0.717, 1.165) is 4.90 Å². The van der Waals surface area contributed by atoms with Crippen molar-refractivity contribution in [2.24, 2.45) is 0 Å². The molecule has 78 valence electrons. The second-order valence-electron chi connectivity index (χ2n) is 2.61. The van der Waals surface area contributed by atoms with Gasteiger partial charge in [0.25, 0.3) is 0 Å². The summed E-state index contributed by atoms with van der Waals surface area (Å²) >= 11 is 0. The van der Waals surface area contributed by atoms with Crippen LogP contribution in [-0.4, -0.2) is 51.4 Å². The Hall–Kier alpha value is -2.13. The highest BCUT2D eigenvalue weighted by Gasteiger charge is 2.33. The van der Waals surface area contributed by atoms with E-state index in [0.29, 0.717) is 16.4 Å². The molecule has 0 radical (unpaired) electrons. The van der Waals surface area contributed by atoms with Gasteiger partial charge in [-0.25, -0.2) is 20.2 Å². The van der Waals surface area contributed by atoms with Gasteiger partial charge in [-0.3, -0.25) is 9.69 Å². The molecule has 0 aromatic carbocycles. The van der Waals surface area contributed by atoms with Gasteiger partial charge in [0.05, 0.1) is 0 Å². The molecule has 0 aromatic rings. The lowest BCUT2D eigenvalue weighted by atomic mass is 10.6. The van der Waals surface area contributed by atoms with E-state index in [1.165, 1.54) is 0 Å². The summed E-state index contributed by atoms with van der Waals surface area (Å²) in [6.07, 6.45) is 0.326. The van der Waals surface area contributed by atoms with Crippen molar-refractivity contribution in [3.8, 4) is 0 Å². The van der Waals surface area contributed by atoms with Gasteiger partial charge in [0.15, 0.2) is 23.4 Å². The van der Waals surface area contributed by atoms with Crippen LogP contribution in [0, 0.1) is 20.2 Å². The van der Waals surface area contributed by atoms with Crippen LogP contribution in [0.2, 0.25) is 0 Å². The average molecular weight is 205 g/mol. The molecule has 10 heteroatoms. The van der Waals surface area contributed by atoms with E-state index in [9.17, 15) is 25.0 Å². The van der Waals surface area contributed by atoms with Gasteiger partial charge in [-0.15, -0.1) is 0 Å². The van der Waals surface area contributed by atoms with E-state index in [1.807, 2.05) is 0 Å². The topological polar surface area (TPSA) is 113 Å². The van der Waals surface area contributed by atoms with Gasteiger partial charge in [-0.2, -0.15) is 0 Å². The molecular formula is C4H7N5O5. The molecule has 1 aliphatic rings. The Balaban J connectivity index is 2.70. The Kier molecular flexibility index (Phi) is 2.65. The third kappa shape index (κ3) is 1.97. The van der Waals surface area contributed by atoms with Crippen molar-refractivity contribution in [3.63, 3.8) is 0 Å². The van der Waals surface area contributed by atoms with Gasteiger partial charge in [-0.1, -0.05) is 10.0 Å². The Morgan fingerprint density at radius 2 is 1.43 bits per heavy atom. The molecule has 1 rings (SSSR count). The zero-order chi connectivity index (χ0) is 10.7. The molecule has 0 bridgehead atoms. The summed E-state index contributed by atoms with van der Waals surface area (Å²) in [6.45, 7) is -0.938. The van der Waals surface area contributed by atoms with Crippen LogP contribution in [0.25, 0.3) is 0 Å². The minimum atomic E-state index is -0.786. The first-order valence-corrected chi connectivity index (χ1v) is 3.52. The Bertz CT molecular complexity index is 247. The number of hydrogen-bond donors (Lipinski definition) is 0. The standard InChI is InChI=1S/C4H7N5O5/c10-4-5-1-6(8(11)12)3-7(2-5)9(13)14/h4H,1-3H2. The first kappa shape index (κ1) is 9.95. The average Bonchev–Trinajstić information content (AvgIpc) is 2.16. The van der Waals surface area contributed by atoms with Crippen molar-refractivity contribution >= 4 is 6.41 Å². The zero-order valence-corrected chi connectivity index (χ0v) is 6.98. The van der Waals surface area contributed by atoms with E-state index in [1.54, 1.807) is 0 Å². The highest BCUT2D eigenvalue weighted by molar-refractivity contribution is 5.46. The van der Waals surface area contributed by atoms with Crippen LogP contribution < -0.4 is 0 Å². The second-order valence-corrected chi connectivity index (χ2v) is 2.61. The number of nitro groups is 2. The van der Waals surface area contributed by atoms with Crippen LogP contribution in [0.4, 0.5) is 0 Å². The van der Waals surface area contributed by atoms with Gasteiger partial charge in [0.2, 0.25) is 13.1 Å². The number of amides is 1. The van der Waals surface area contributed by atoms with Gasteiger partial charge in [0, 0.05) is 0 Å². The summed E-state index contributed by atoms with van der Waals surface area (Å²) in [5.74, 6) is 0. The predicted molar refractivity (Wildman–Crippen MR) is 40.2 cm³/mol. The molecule has 14 heavy (non-hydrogen) atoms. The van der Waals surface area contributed by atoms with Crippen molar-refractivity contribution in [1.82, 2.24) is 14.9 Å². The maximum atomic E-state index is 10.3. The molecule has 0 aromatic heterocycles. The molecule has 1 saturated heterocycles. The number of carbonyl (C=O) groups is 1. The SMILES string of the molecule is O=CN1CN([N+](=O)[O-])CN([N+](=O)[O-])C1. The molecule has 0 unspecified atom stereocenters. The fourth-order valence-corrected chi connectivity index (χ4v) is 1.02. The van der Waals surface area contributed by atoms with E-state index in [-0.39, 0.29) is 13.3 Å². The van der Waals surface area contributed by atoms with Crippen molar-refractivity contribution in [2.45, 2.75) is 0 Å². The molecule has 0 atom stereocenters. The van der Waals surface area contributed by atoms with Crippen LogP contribution in [-0.2, 0) is 4.79 Å². The summed E-state index contributed by atoms with van der Waals surface area (Å²) in [7, 11) is 0. The first-order valence-electron chi connectivity index (χ1n) is 3.52. The zero-order valence-electron chi connectivity index (χ0n) is 6.98. The number of nitrogens with zero attached hydrogens (tertiary/aromatic N) is 5. The number of hydrazine groups is 2. The molecule has 1 amide bonds. The van der Waals surface area contributed by atoms with E-state index in [2.05, 4.69) is 0 Å². The van der Waals surface area contributed by atoms with E-state index in [4.69, 9.17) is 0 Å². The van der Waals surface area contributed by atoms with E-state index < -0.39 is 16.7 Å². The highest BCUT2D eigenvalue weighted by Crippen LogP contribution is 2.05. The lowest BCUT2D eigenvalue weighted by Crippen LogP contribution is -2.57. The minimum Gasteiger partial charge on any atom is -0.299 e. The smallest absolute Gasteiger partial charge is 0.212 e. The van der Waals surface area contributed by atoms with Gasteiger partial charge in [-0.05, 0) is 0 Å². The molecule has 1 aliphatic heterocycles. The normalized spacial score (nSPS) is 16.7. The Labute approximate surface area is 77.5 Å². The lowest BCUT2D eigenvalue weighted by Gasteiger charge is -2.30. The number of rotatable bonds is 3. The van der Waals surface area contributed by atoms with Crippen LogP contribution >= 0.6 is 0 Å². The molecule has 10 nitrogen and oxygen atoms in total. The maximum Gasteiger partial charge on any atom is 0.212 e. The van der Waals surface area contributed by atoms with Crippen molar-refractivity contribution in [1.29, 1.82) is 0 Å². The quantitative estimate of drug-likeness (QED) is 0.307. The van der Waals surface area contributed by atoms with Gasteiger partial charge in [0.1, 0.15) is 0 Å². The number of hydrogen-bond acceptors (Lipinski definition) is 5. The second kappa shape index (κ2) is 3.72. The summed E-state index contributed by atoms with van der Waals surface area (Å²) in [4.78, 5) is 31.9. The third-order valence-electron chi connectivity index (χ3n) is 1.63. The number of carbonyl (C=O) groups excluding carboxylic acids is 1. The lowest BCUT2D eigenvalue weighted by molar-refractivity contribution is -0.726. The van der Waals surface area contributed by atoms with Crippen LogP contribution in [0.15, 0.2) is 0 Å². The minimum absolute atomic E-state index is 0.249. The fraction of sp³-hybridized carbons (Fsp3) is 0.750. The Morgan fingerprint density at radius 1 is 1.00 bits per heavy atom. The Morgan fingerprint density at radius 3 is 1.71 bits per heavy atom. The van der Waals surface area contributed by atoms with Crippen LogP contribution in [0.1, 0.15) is 0 Å². The molecule has 0 spiro atoms. The molecule has 0 saturated carbocycles. The third-order valence-corrected chi connectivity index (χ3v) is 1.63. The molecule has 0 aliphatic carbocycles. The van der Waals surface area contributed by atoms with Crippen molar-refractivity contribution in [2.75, 3.05) is 20.0 Å².